The third kappa shape index (κ3) is 6.93. The number of aromatic amines is 1. The van der Waals surface area contributed by atoms with Crippen molar-refractivity contribution in [2.45, 2.75) is 45.5 Å². The summed E-state index contributed by atoms with van der Waals surface area (Å²) >= 11 is 0. The quantitative estimate of drug-likeness (QED) is 0.409. The number of carbonyl (C=O) groups is 2. The summed E-state index contributed by atoms with van der Waals surface area (Å²) in [5.41, 5.74) is 3.25. The van der Waals surface area contributed by atoms with Crippen LogP contribution in [0, 0.1) is 0 Å². The zero-order valence-corrected chi connectivity index (χ0v) is 23.6. The van der Waals surface area contributed by atoms with Gasteiger partial charge in [-0.1, -0.05) is 30.3 Å². The van der Waals surface area contributed by atoms with Crippen molar-refractivity contribution in [3.63, 3.8) is 0 Å². The maximum absolute atomic E-state index is 13.3. The molecule has 0 saturated carbocycles. The lowest BCUT2D eigenvalue weighted by molar-refractivity contribution is -0.137. The van der Waals surface area contributed by atoms with Crippen LogP contribution in [0.4, 0.5) is 18.0 Å². The van der Waals surface area contributed by atoms with E-state index in [2.05, 4.69) is 9.88 Å². The number of ether oxygens (including phenoxy) is 1. The van der Waals surface area contributed by atoms with E-state index < -0.39 is 17.3 Å². The van der Waals surface area contributed by atoms with Gasteiger partial charge < -0.3 is 19.5 Å². The highest BCUT2D eigenvalue weighted by atomic mass is 19.4. The molecular weight excluding hydrogens is 533 g/mol. The molecule has 5 rings (SSSR count). The molecule has 0 spiro atoms. The van der Waals surface area contributed by atoms with E-state index in [0.29, 0.717) is 57.9 Å². The molecule has 3 aromatic rings. The number of H-pyrrole nitrogens is 1. The topological polar surface area (TPSA) is 68.9 Å². The fourth-order valence-electron chi connectivity index (χ4n) is 5.20. The van der Waals surface area contributed by atoms with Gasteiger partial charge in [-0.05, 0) is 68.2 Å². The smallest absolute Gasteiger partial charge is 0.416 e. The molecule has 10 heteroatoms. The summed E-state index contributed by atoms with van der Waals surface area (Å²) in [7, 11) is 0. The Hall–Kier alpha value is -3.79. The molecule has 1 fully saturated rings. The number of aromatic nitrogens is 1. The monoisotopic (exact) mass is 568 g/mol. The van der Waals surface area contributed by atoms with E-state index in [4.69, 9.17) is 4.74 Å². The summed E-state index contributed by atoms with van der Waals surface area (Å²) < 4.78 is 43.9. The van der Waals surface area contributed by atoms with Crippen molar-refractivity contribution in [3.8, 4) is 0 Å². The Morgan fingerprint density at radius 1 is 0.902 bits per heavy atom. The molecule has 1 aromatic heterocycles. The Balaban J connectivity index is 1.17. The Morgan fingerprint density at radius 2 is 1.61 bits per heavy atom. The average molecular weight is 569 g/mol. The number of benzene rings is 2. The number of halogens is 3. The van der Waals surface area contributed by atoms with E-state index >= 15 is 0 Å². The van der Waals surface area contributed by atoms with Crippen LogP contribution in [0.15, 0.2) is 54.6 Å². The summed E-state index contributed by atoms with van der Waals surface area (Å²) in [6.07, 6.45) is -1.88. The van der Waals surface area contributed by atoms with Crippen LogP contribution in [0.5, 0.6) is 0 Å². The minimum Gasteiger partial charge on any atom is -0.444 e. The number of rotatable bonds is 4. The lowest BCUT2D eigenvalue weighted by Gasteiger charge is -2.34. The van der Waals surface area contributed by atoms with Crippen LogP contribution in [0.2, 0.25) is 0 Å². The van der Waals surface area contributed by atoms with Gasteiger partial charge in [-0.2, -0.15) is 13.2 Å². The summed E-state index contributed by atoms with van der Waals surface area (Å²) in [6.45, 7) is 9.55. The zero-order valence-electron chi connectivity index (χ0n) is 23.6. The molecule has 7 nitrogen and oxygen atoms in total. The van der Waals surface area contributed by atoms with Gasteiger partial charge in [0.1, 0.15) is 11.3 Å². The highest BCUT2D eigenvalue weighted by Gasteiger charge is 2.30. The number of carbonyl (C=O) groups excluding carboxylic acids is 2. The first-order valence-corrected chi connectivity index (χ1v) is 13.8. The van der Waals surface area contributed by atoms with Crippen LogP contribution in [-0.2, 0) is 17.5 Å². The summed E-state index contributed by atoms with van der Waals surface area (Å²) in [6, 6.07) is 13.2. The molecule has 2 aliphatic heterocycles. The first kappa shape index (κ1) is 28.7. The van der Waals surface area contributed by atoms with Gasteiger partial charge >= 0.3 is 12.3 Å². The number of piperazine rings is 1. The van der Waals surface area contributed by atoms with Crippen LogP contribution in [-0.4, -0.2) is 76.6 Å². The molecule has 218 valence electrons. The van der Waals surface area contributed by atoms with Crippen molar-refractivity contribution in [3.05, 3.63) is 77.0 Å². The fourth-order valence-corrected chi connectivity index (χ4v) is 5.20. The van der Waals surface area contributed by atoms with E-state index in [1.165, 1.54) is 12.1 Å². The molecule has 0 radical (unpaired) electrons. The van der Waals surface area contributed by atoms with Gasteiger partial charge in [0.15, 0.2) is 0 Å². The van der Waals surface area contributed by atoms with Crippen molar-refractivity contribution < 1.29 is 27.5 Å². The molecule has 0 bridgehead atoms. The van der Waals surface area contributed by atoms with E-state index in [1.807, 2.05) is 56.0 Å². The van der Waals surface area contributed by atoms with Crippen molar-refractivity contribution in [2.75, 3.05) is 39.3 Å². The standard InChI is InChI=1S/C31H35F3N4O3/c1-30(2,3)41-29(40)38-12-10-22(11-13-38)23-6-7-24-19-27(35-26(24)18-23)28(39)37-16-14-36(15-17-37)20-21-4-8-25(9-5-21)31(32,33)34/h4-10,18-19,35H,11-17,20H2,1-3H3. The van der Waals surface area contributed by atoms with E-state index in [0.717, 1.165) is 39.7 Å². The molecule has 2 aromatic carbocycles. The molecule has 0 unspecified atom stereocenters. The molecule has 1 N–H and O–H groups in total. The average Bonchev–Trinajstić information content (AvgIpc) is 3.36. The van der Waals surface area contributed by atoms with Crippen molar-refractivity contribution >= 4 is 28.5 Å². The van der Waals surface area contributed by atoms with Gasteiger partial charge in [0, 0.05) is 56.7 Å². The van der Waals surface area contributed by atoms with Crippen LogP contribution in [0.1, 0.15) is 54.4 Å². The second-order valence-electron chi connectivity index (χ2n) is 11.7. The zero-order chi connectivity index (χ0) is 29.4. The molecule has 41 heavy (non-hydrogen) atoms. The molecule has 0 atom stereocenters. The predicted octanol–water partition coefficient (Wildman–Crippen LogP) is 6.17. The summed E-state index contributed by atoms with van der Waals surface area (Å²) in [4.78, 5) is 34.6. The maximum Gasteiger partial charge on any atom is 0.416 e. The molecule has 3 heterocycles. The molecular formula is C31H35F3N4O3. The van der Waals surface area contributed by atoms with Crippen LogP contribution >= 0.6 is 0 Å². The number of nitrogens with one attached hydrogen (secondary N) is 1. The van der Waals surface area contributed by atoms with E-state index in [1.54, 1.807) is 4.90 Å². The van der Waals surface area contributed by atoms with Crippen molar-refractivity contribution in [1.82, 2.24) is 19.7 Å². The molecule has 2 aliphatic rings. The number of hydrogen-bond donors (Lipinski definition) is 1. The molecule has 1 saturated heterocycles. The van der Waals surface area contributed by atoms with Gasteiger partial charge in [0.2, 0.25) is 0 Å². The molecule has 2 amide bonds. The second-order valence-corrected chi connectivity index (χ2v) is 11.7. The minimum absolute atomic E-state index is 0.0678. The molecule has 0 aliphatic carbocycles. The number of alkyl halides is 3. The number of hydrogen-bond acceptors (Lipinski definition) is 4. The largest absolute Gasteiger partial charge is 0.444 e. The third-order valence-electron chi connectivity index (χ3n) is 7.43. The minimum atomic E-state index is -4.34. The first-order chi connectivity index (χ1) is 19.4. The Morgan fingerprint density at radius 3 is 2.22 bits per heavy atom. The highest BCUT2D eigenvalue weighted by Crippen LogP contribution is 2.30. The van der Waals surface area contributed by atoms with Gasteiger partial charge in [-0.3, -0.25) is 9.69 Å². The van der Waals surface area contributed by atoms with E-state index in [9.17, 15) is 22.8 Å². The Bertz CT molecular complexity index is 1450. The number of nitrogens with zero attached hydrogens (tertiary/aromatic N) is 3. The van der Waals surface area contributed by atoms with E-state index in [-0.39, 0.29) is 12.0 Å². The highest BCUT2D eigenvalue weighted by molar-refractivity contribution is 5.98. The van der Waals surface area contributed by atoms with Crippen LogP contribution in [0.3, 0.4) is 0 Å². The first-order valence-electron chi connectivity index (χ1n) is 13.8. The SMILES string of the molecule is CC(C)(C)OC(=O)N1CC=C(c2ccc3cc(C(=O)N4CCN(Cc5ccc(C(F)(F)F)cc5)CC4)[nH]c3c2)CC1. The number of fused-ring (bicyclic) bond motifs is 1. The second kappa shape index (κ2) is 11.2. The van der Waals surface area contributed by atoms with Gasteiger partial charge in [-0.25, -0.2) is 4.79 Å². The van der Waals surface area contributed by atoms with Crippen LogP contribution < -0.4 is 0 Å². The third-order valence-corrected chi connectivity index (χ3v) is 7.43. The number of amides is 2. The van der Waals surface area contributed by atoms with Gasteiger partial charge in [-0.15, -0.1) is 0 Å². The van der Waals surface area contributed by atoms with Crippen molar-refractivity contribution in [2.24, 2.45) is 0 Å². The Kier molecular flexibility index (Phi) is 7.87. The summed E-state index contributed by atoms with van der Waals surface area (Å²) in [5, 5.41) is 0.949. The normalized spacial score (nSPS) is 17.1. The Labute approximate surface area is 237 Å². The van der Waals surface area contributed by atoms with Crippen LogP contribution in [0.25, 0.3) is 16.5 Å². The van der Waals surface area contributed by atoms with Gasteiger partial charge in [0.25, 0.3) is 5.91 Å². The van der Waals surface area contributed by atoms with Gasteiger partial charge in [0.05, 0.1) is 5.56 Å². The predicted molar refractivity (Wildman–Crippen MR) is 151 cm³/mol. The fraction of sp³-hybridized carbons (Fsp3) is 0.419. The lowest BCUT2D eigenvalue weighted by atomic mass is 9.99. The lowest BCUT2D eigenvalue weighted by Crippen LogP contribution is -2.48. The maximum atomic E-state index is 13.3. The van der Waals surface area contributed by atoms with Crippen molar-refractivity contribution in [1.29, 1.82) is 0 Å². The summed E-state index contributed by atoms with van der Waals surface area (Å²) in [5.74, 6) is -0.0678.